The Morgan fingerprint density at radius 2 is 1.10 bits per heavy atom. The summed E-state index contributed by atoms with van der Waals surface area (Å²) in [6, 6.07) is 0. The zero-order valence-electron chi connectivity index (χ0n) is 5.46. The van der Waals surface area contributed by atoms with E-state index in [0.29, 0.717) is 0 Å². The molecule has 0 spiro atoms. The van der Waals surface area contributed by atoms with Crippen LogP contribution in [-0.4, -0.2) is 11.4 Å². The van der Waals surface area contributed by atoms with Crippen molar-refractivity contribution in [3.05, 3.63) is 24.6 Å². The summed E-state index contributed by atoms with van der Waals surface area (Å²) in [4.78, 5) is 8.89. The number of hydrogen-bond acceptors (Lipinski definition) is 2. The molecule has 8 heteroatoms. The van der Waals surface area contributed by atoms with Crippen LogP contribution in [0.3, 0.4) is 0 Å². The predicted octanol–water partition coefficient (Wildman–Crippen LogP) is 0.797. The fraction of sp³-hybridized carbons (Fsp3) is 0.500. The van der Waals surface area contributed by atoms with Gasteiger partial charge in [0.2, 0.25) is 0 Å². The van der Waals surface area contributed by atoms with E-state index in [4.69, 9.17) is 9.90 Å². The number of rotatable bonds is 0. The van der Waals surface area contributed by atoms with Gasteiger partial charge in [-0.3, -0.25) is 0 Å². The minimum atomic E-state index is -1.08. The maximum absolute atomic E-state index is 8.89. The Labute approximate surface area is 70.4 Å². The number of nitrogens with two attached hydrogens (primary N) is 4. The van der Waals surface area contributed by atoms with Gasteiger partial charge in [-0.2, -0.15) is 0 Å². The van der Waals surface area contributed by atoms with E-state index < -0.39 is 5.97 Å². The molecule has 0 saturated heterocycles. The molecule has 0 aliphatic carbocycles. The fourth-order valence-electron chi connectivity index (χ4n) is 0. The van der Waals surface area contributed by atoms with Crippen LogP contribution in [0.5, 0.6) is 0 Å². The Morgan fingerprint density at radius 1 is 1.10 bits per heavy atom. The molecule has 0 aromatic rings. The van der Waals surface area contributed by atoms with Crippen molar-refractivity contribution in [3.8, 4) is 0 Å². The summed E-state index contributed by atoms with van der Waals surface area (Å²) in [5, 5.41) is 8.89. The van der Waals surface area contributed by atoms with Gasteiger partial charge in [0, 0.05) is 5.97 Å². The van der Waals surface area contributed by atoms with Crippen LogP contribution in [-0.2, 0) is 21.6 Å². The predicted molar refractivity (Wildman–Crippen MR) is 35.4 cm³/mol. The van der Waals surface area contributed by atoms with E-state index in [-0.39, 0.29) is 46.9 Å². The molecule has 0 aromatic heterocycles. The maximum atomic E-state index is 8.89. The molecule has 7 nitrogen and oxygen atoms in total. The quantitative estimate of drug-likeness (QED) is 0.555. The summed E-state index contributed by atoms with van der Waals surface area (Å²) in [7, 11) is 0. The Bertz CT molecular complexity index is 41.5. The molecule has 0 rings (SSSR count). The summed E-state index contributed by atoms with van der Waals surface area (Å²) >= 11 is 0. The van der Waals surface area contributed by atoms with Crippen LogP contribution in [0.1, 0.15) is 6.92 Å². The van der Waals surface area contributed by atoms with E-state index in [9.17, 15) is 0 Å². The Morgan fingerprint density at radius 3 is 1.10 bits per heavy atom. The van der Waals surface area contributed by atoms with Crippen molar-refractivity contribution >= 4 is 5.97 Å². The summed E-state index contributed by atoms with van der Waals surface area (Å²) in [6.07, 6.45) is 0. The first kappa shape index (κ1) is 97.7. The number of carbonyl (C=O) groups excluding carboxylic acids is 1. The molecule has 10 heavy (non-hydrogen) atoms. The third kappa shape index (κ3) is 7150. The fourth-order valence-corrected chi connectivity index (χ4v) is 0. The van der Waals surface area contributed by atoms with Crippen molar-refractivity contribution in [1.29, 1.82) is 0 Å². The molecule has 0 aromatic carbocycles. The number of aliphatic carboxylic acids is 1. The van der Waals surface area contributed by atoms with Gasteiger partial charge >= 0.3 is 16.8 Å². The molecule has 0 saturated carbocycles. The molecule has 0 amide bonds. The molecular weight excluding hydrogens is 187 g/mol. The first-order valence-corrected chi connectivity index (χ1v) is 0.908. The van der Waals surface area contributed by atoms with Gasteiger partial charge in [0.15, 0.2) is 0 Å². The summed E-state index contributed by atoms with van der Waals surface area (Å²) < 4.78 is 0. The first-order valence-electron chi connectivity index (χ1n) is 0.908. The Balaban J connectivity index is -0.00000000300. The zero-order chi connectivity index (χ0) is 3.58. The van der Waals surface area contributed by atoms with Gasteiger partial charge in [0.1, 0.15) is 0 Å². The number of hydrogen-bond donors (Lipinski definition) is 0. The van der Waals surface area contributed by atoms with Crippen molar-refractivity contribution in [2.24, 2.45) is 0 Å². The monoisotopic (exact) mass is 200 g/mol. The standard InChI is InChI=1S/C2H4O2.Co.4H2N.H2O/c1-2(3)4;;;;;;/h1H3,(H,3,4);;5*1H2/q;+3;4*-1;/p-1. The second-order valence-electron chi connectivity index (χ2n) is 0.492. The Kier molecular flexibility index (Phi) is 673. The normalized spacial score (nSPS) is 2.50. The van der Waals surface area contributed by atoms with Crippen LogP contribution in [0.4, 0.5) is 0 Å². The third-order valence-corrected chi connectivity index (χ3v) is 0. The van der Waals surface area contributed by atoms with Gasteiger partial charge < -0.3 is 40.0 Å². The maximum Gasteiger partial charge on any atom is 3.00 e. The second kappa shape index (κ2) is 68.8. The van der Waals surface area contributed by atoms with Gasteiger partial charge in [0.05, 0.1) is 0 Å². The molecule has 10 N–H and O–H groups in total. The molecule has 0 heterocycles. The first-order chi connectivity index (χ1) is 1.73. The van der Waals surface area contributed by atoms with Gasteiger partial charge in [-0.1, -0.05) is 0 Å². The van der Waals surface area contributed by atoms with Crippen LogP contribution in [0.2, 0.25) is 0 Å². The Hall–Kier alpha value is -0.224. The minimum Gasteiger partial charge on any atom is -0.693 e. The molecule has 0 atom stereocenters. The van der Waals surface area contributed by atoms with Gasteiger partial charge in [0.25, 0.3) is 0 Å². The second-order valence-corrected chi connectivity index (χ2v) is 0.492. The largest absolute Gasteiger partial charge is 3.00 e. The summed E-state index contributed by atoms with van der Waals surface area (Å²) in [5.74, 6) is -1.08. The van der Waals surface area contributed by atoms with E-state index in [1.54, 1.807) is 0 Å². The minimum absolute atomic E-state index is 0. The van der Waals surface area contributed by atoms with Gasteiger partial charge in [-0.25, -0.2) is 0 Å². The average Bonchev–Trinajstić information content (AvgIpc) is 0.811. The van der Waals surface area contributed by atoms with E-state index >= 15 is 0 Å². The number of carbonyl (C=O) groups is 1. The molecule has 0 radical (unpaired) electrons. The smallest absolute Gasteiger partial charge is 0.693 e. The van der Waals surface area contributed by atoms with Crippen LogP contribution in [0.15, 0.2) is 0 Å². The molecule has 70 valence electrons. The SMILES string of the molecule is CC(=O)[O-].O.[Co+3].[NH2-].[NH2-].[NH2-].[NH2-]. The van der Waals surface area contributed by atoms with E-state index in [0.717, 1.165) is 6.92 Å². The zero-order valence-corrected chi connectivity index (χ0v) is 6.50. The molecule has 0 fully saturated rings. The van der Waals surface area contributed by atoms with Gasteiger partial charge in [-0.05, 0) is 6.92 Å². The van der Waals surface area contributed by atoms with Crippen LogP contribution >= 0.6 is 0 Å². The average molecular weight is 200 g/mol. The van der Waals surface area contributed by atoms with Crippen molar-refractivity contribution in [2.75, 3.05) is 0 Å². The van der Waals surface area contributed by atoms with E-state index in [2.05, 4.69) is 0 Å². The molecule has 0 bridgehead atoms. The molecule has 0 aliphatic heterocycles. The number of carboxylic acid groups (broad SMARTS) is 1. The summed E-state index contributed by atoms with van der Waals surface area (Å²) in [6.45, 7) is 0.972. The van der Waals surface area contributed by atoms with Crippen LogP contribution in [0.25, 0.3) is 24.6 Å². The third-order valence-electron chi connectivity index (χ3n) is 0. The number of carboxylic acids is 1. The van der Waals surface area contributed by atoms with Crippen LogP contribution < -0.4 is 5.11 Å². The topological polar surface area (TPSA) is 206 Å². The van der Waals surface area contributed by atoms with Crippen molar-refractivity contribution in [1.82, 2.24) is 0 Å². The van der Waals surface area contributed by atoms with Gasteiger partial charge in [-0.15, -0.1) is 0 Å². The molecular formula is C2H13CoN4O3-2. The van der Waals surface area contributed by atoms with Crippen LogP contribution in [0, 0.1) is 0 Å². The molecule has 0 unspecified atom stereocenters. The van der Waals surface area contributed by atoms with E-state index in [1.807, 2.05) is 0 Å². The van der Waals surface area contributed by atoms with Crippen molar-refractivity contribution in [2.45, 2.75) is 6.92 Å². The van der Waals surface area contributed by atoms with E-state index in [1.165, 1.54) is 0 Å². The van der Waals surface area contributed by atoms with Crippen molar-refractivity contribution in [3.63, 3.8) is 0 Å². The van der Waals surface area contributed by atoms with Crippen molar-refractivity contribution < 1.29 is 32.2 Å². The summed E-state index contributed by atoms with van der Waals surface area (Å²) in [5.41, 5.74) is 0. The molecule has 0 aliphatic rings.